The minimum atomic E-state index is -4.01. The van der Waals surface area contributed by atoms with E-state index < -0.39 is 12.1 Å². The lowest BCUT2D eigenvalue weighted by atomic mass is 9.88. The van der Waals surface area contributed by atoms with Crippen LogP contribution in [0.5, 0.6) is 0 Å². The van der Waals surface area contributed by atoms with Crippen LogP contribution in [-0.4, -0.2) is 6.18 Å². The molecule has 0 fully saturated rings. The summed E-state index contributed by atoms with van der Waals surface area (Å²) >= 11 is 0. The molecule has 2 unspecified atom stereocenters. The van der Waals surface area contributed by atoms with Gasteiger partial charge in [0.2, 0.25) is 0 Å². The largest absolute Gasteiger partial charge is 0.392 e. The van der Waals surface area contributed by atoms with Gasteiger partial charge in [-0.15, -0.1) is 0 Å². The average Bonchev–Trinajstić information content (AvgIpc) is 1.85. The maximum absolute atomic E-state index is 12.3. The van der Waals surface area contributed by atoms with E-state index >= 15 is 0 Å². The Kier molecular flexibility index (Phi) is 4.64. The van der Waals surface area contributed by atoms with E-state index in [-0.39, 0.29) is 12.3 Å². The minimum Gasteiger partial charge on any atom is -0.171 e. The van der Waals surface area contributed by atoms with Gasteiger partial charge in [-0.05, 0) is 12.3 Å². The molecule has 3 heteroatoms. The number of hydrogen-bond acceptors (Lipinski definition) is 0. The summed E-state index contributed by atoms with van der Waals surface area (Å²) in [5.74, 6) is -1.35. The smallest absolute Gasteiger partial charge is 0.171 e. The Hall–Kier alpha value is -0.210. The van der Waals surface area contributed by atoms with Gasteiger partial charge < -0.3 is 0 Å². The molecule has 2 atom stereocenters. The summed E-state index contributed by atoms with van der Waals surface area (Å²) in [6, 6.07) is 0. The molecule has 0 radical (unpaired) electrons. The van der Waals surface area contributed by atoms with Gasteiger partial charge >= 0.3 is 6.18 Å². The quantitative estimate of drug-likeness (QED) is 0.616. The fraction of sp³-hybridized carbons (Fsp3) is 1.00. The van der Waals surface area contributed by atoms with E-state index in [1.807, 2.05) is 6.92 Å². The highest BCUT2D eigenvalue weighted by Crippen LogP contribution is 2.36. The molecular weight excluding hydrogens is 165 g/mol. The summed E-state index contributed by atoms with van der Waals surface area (Å²) in [6.45, 7) is 5.20. The Balaban J connectivity index is 4.14. The van der Waals surface area contributed by atoms with Gasteiger partial charge in [0.1, 0.15) is 0 Å². The number of alkyl halides is 3. The van der Waals surface area contributed by atoms with Gasteiger partial charge in [0, 0.05) is 0 Å². The van der Waals surface area contributed by atoms with Gasteiger partial charge in [-0.2, -0.15) is 13.2 Å². The predicted molar refractivity (Wildman–Crippen MR) is 43.9 cm³/mol. The molecule has 0 rings (SSSR count). The van der Waals surface area contributed by atoms with Crippen LogP contribution in [0, 0.1) is 11.8 Å². The molecule has 0 nitrogen and oxygen atoms in total. The van der Waals surface area contributed by atoms with Crippen molar-refractivity contribution in [1.82, 2.24) is 0 Å². The molecule has 0 saturated heterocycles. The van der Waals surface area contributed by atoms with E-state index in [4.69, 9.17) is 0 Å². The van der Waals surface area contributed by atoms with E-state index in [9.17, 15) is 13.2 Å². The van der Waals surface area contributed by atoms with Crippen molar-refractivity contribution in [2.24, 2.45) is 11.8 Å². The van der Waals surface area contributed by atoms with Crippen LogP contribution in [0.2, 0.25) is 0 Å². The number of hydrogen-bond donors (Lipinski definition) is 0. The van der Waals surface area contributed by atoms with Gasteiger partial charge in [-0.1, -0.05) is 33.6 Å². The van der Waals surface area contributed by atoms with Crippen molar-refractivity contribution in [2.45, 2.75) is 46.2 Å². The summed E-state index contributed by atoms with van der Waals surface area (Å²) in [7, 11) is 0. The highest BCUT2D eigenvalue weighted by atomic mass is 19.4. The molecule has 0 aliphatic carbocycles. The van der Waals surface area contributed by atoms with Gasteiger partial charge in [0.15, 0.2) is 0 Å². The van der Waals surface area contributed by atoms with Gasteiger partial charge in [-0.25, -0.2) is 0 Å². The van der Waals surface area contributed by atoms with E-state index in [0.29, 0.717) is 6.42 Å². The summed E-state index contributed by atoms with van der Waals surface area (Å²) in [4.78, 5) is 0. The van der Waals surface area contributed by atoms with Crippen LogP contribution < -0.4 is 0 Å². The summed E-state index contributed by atoms with van der Waals surface area (Å²) in [5.41, 5.74) is 0. The van der Waals surface area contributed by atoms with Crippen molar-refractivity contribution in [2.75, 3.05) is 0 Å². The Morgan fingerprint density at radius 3 is 1.92 bits per heavy atom. The van der Waals surface area contributed by atoms with E-state index in [0.717, 1.165) is 6.42 Å². The van der Waals surface area contributed by atoms with Crippen molar-refractivity contribution in [3.63, 3.8) is 0 Å². The Morgan fingerprint density at radius 2 is 1.67 bits per heavy atom. The van der Waals surface area contributed by atoms with Crippen molar-refractivity contribution in [1.29, 1.82) is 0 Å². The van der Waals surface area contributed by atoms with Crippen molar-refractivity contribution >= 4 is 0 Å². The van der Waals surface area contributed by atoms with Gasteiger partial charge in [-0.3, -0.25) is 0 Å². The third kappa shape index (κ3) is 3.46. The molecule has 0 aliphatic rings. The van der Waals surface area contributed by atoms with E-state index in [1.54, 1.807) is 13.8 Å². The second-order valence-corrected chi connectivity index (χ2v) is 3.32. The number of rotatable bonds is 4. The molecule has 0 aromatic heterocycles. The maximum atomic E-state index is 12.3. The lowest BCUT2D eigenvalue weighted by molar-refractivity contribution is -0.188. The fourth-order valence-corrected chi connectivity index (χ4v) is 1.61. The zero-order valence-corrected chi connectivity index (χ0v) is 7.91. The first kappa shape index (κ1) is 11.8. The molecule has 0 saturated carbocycles. The highest BCUT2D eigenvalue weighted by Gasteiger charge is 2.40. The van der Waals surface area contributed by atoms with E-state index in [2.05, 4.69) is 0 Å². The van der Waals surface area contributed by atoms with Crippen LogP contribution in [0.15, 0.2) is 0 Å². The van der Waals surface area contributed by atoms with Crippen molar-refractivity contribution < 1.29 is 13.2 Å². The first-order valence-electron chi connectivity index (χ1n) is 4.50. The molecule has 0 aliphatic heterocycles. The molecule has 0 aromatic rings. The normalized spacial score (nSPS) is 17.5. The zero-order chi connectivity index (χ0) is 9.78. The minimum absolute atomic E-state index is 0.199. The Morgan fingerprint density at radius 1 is 1.17 bits per heavy atom. The molecule has 74 valence electrons. The average molecular weight is 182 g/mol. The van der Waals surface area contributed by atoms with Gasteiger partial charge in [0.05, 0.1) is 5.92 Å². The first-order chi connectivity index (χ1) is 5.43. The maximum Gasteiger partial charge on any atom is 0.392 e. The van der Waals surface area contributed by atoms with Crippen molar-refractivity contribution in [3.8, 4) is 0 Å². The lowest BCUT2D eigenvalue weighted by Gasteiger charge is -2.24. The molecule has 0 spiro atoms. The van der Waals surface area contributed by atoms with Crippen LogP contribution in [0.3, 0.4) is 0 Å². The third-order valence-corrected chi connectivity index (χ3v) is 2.29. The summed E-state index contributed by atoms with van der Waals surface area (Å²) < 4.78 is 36.9. The molecule has 0 N–H and O–H groups in total. The second kappa shape index (κ2) is 4.73. The van der Waals surface area contributed by atoms with E-state index in [1.165, 1.54) is 0 Å². The zero-order valence-electron chi connectivity index (χ0n) is 7.91. The Labute approximate surface area is 72.2 Å². The van der Waals surface area contributed by atoms with Crippen LogP contribution in [0.25, 0.3) is 0 Å². The second-order valence-electron chi connectivity index (χ2n) is 3.32. The predicted octanol–water partition coefficient (Wildman–Crippen LogP) is 4.01. The molecule has 0 amide bonds. The van der Waals surface area contributed by atoms with Gasteiger partial charge in [0.25, 0.3) is 0 Å². The monoisotopic (exact) mass is 182 g/mol. The molecule has 0 heterocycles. The van der Waals surface area contributed by atoms with Crippen molar-refractivity contribution in [3.05, 3.63) is 0 Å². The Bertz CT molecular complexity index is 117. The SMILES string of the molecule is CCCC(C)C(CC)C(F)(F)F. The van der Waals surface area contributed by atoms with Crippen LogP contribution in [0.4, 0.5) is 13.2 Å². The standard InChI is InChI=1S/C9H17F3/c1-4-6-7(3)8(5-2)9(10,11)12/h7-8H,4-6H2,1-3H3. The fourth-order valence-electron chi connectivity index (χ4n) is 1.61. The highest BCUT2D eigenvalue weighted by molar-refractivity contribution is 4.71. The first-order valence-corrected chi connectivity index (χ1v) is 4.50. The summed E-state index contributed by atoms with van der Waals surface area (Å²) in [6.07, 6.45) is -2.32. The molecule has 0 aromatic carbocycles. The third-order valence-electron chi connectivity index (χ3n) is 2.29. The number of halogens is 3. The summed E-state index contributed by atoms with van der Waals surface area (Å²) in [5, 5.41) is 0. The van der Waals surface area contributed by atoms with Crippen LogP contribution >= 0.6 is 0 Å². The molecule has 12 heavy (non-hydrogen) atoms. The lowest BCUT2D eigenvalue weighted by Crippen LogP contribution is -2.28. The van der Waals surface area contributed by atoms with Crippen LogP contribution in [-0.2, 0) is 0 Å². The van der Waals surface area contributed by atoms with Crippen LogP contribution in [0.1, 0.15) is 40.0 Å². The topological polar surface area (TPSA) is 0 Å². The molecular formula is C9H17F3. The molecule has 0 bridgehead atoms.